The molecule has 6 heteroatoms. The van der Waals surface area contributed by atoms with E-state index in [1.54, 1.807) is 6.07 Å². The number of anilines is 1. The van der Waals surface area contributed by atoms with Crippen molar-refractivity contribution in [2.75, 3.05) is 11.9 Å². The van der Waals surface area contributed by atoms with Crippen molar-refractivity contribution in [1.29, 1.82) is 0 Å². The molecule has 1 amide bonds. The van der Waals surface area contributed by atoms with Gasteiger partial charge in [-0.25, -0.2) is 4.39 Å². The highest BCUT2D eigenvalue weighted by Crippen LogP contribution is 2.49. The Morgan fingerprint density at radius 3 is 2.78 bits per heavy atom. The summed E-state index contributed by atoms with van der Waals surface area (Å²) >= 11 is 3.15. The second-order valence-corrected chi connectivity index (χ2v) is 7.39. The molecule has 3 rings (SSSR count). The van der Waals surface area contributed by atoms with Crippen LogP contribution in [0.3, 0.4) is 0 Å². The Labute approximate surface area is 142 Å². The van der Waals surface area contributed by atoms with E-state index < -0.39 is 11.7 Å². The van der Waals surface area contributed by atoms with Crippen molar-refractivity contribution >= 4 is 33.5 Å². The van der Waals surface area contributed by atoms with Gasteiger partial charge in [-0.15, -0.1) is 0 Å². The Morgan fingerprint density at radius 2 is 2.13 bits per heavy atom. The first-order valence-electron chi connectivity index (χ1n) is 7.92. The van der Waals surface area contributed by atoms with Crippen LogP contribution in [0.15, 0.2) is 22.7 Å². The molecule has 0 unspecified atom stereocenters. The number of amides is 1. The lowest BCUT2D eigenvalue weighted by molar-refractivity contribution is -0.148. The summed E-state index contributed by atoms with van der Waals surface area (Å²) in [5.41, 5.74) is 0.0716. The van der Waals surface area contributed by atoms with Crippen LogP contribution in [-0.2, 0) is 14.3 Å². The van der Waals surface area contributed by atoms with Crippen LogP contribution in [0.2, 0.25) is 0 Å². The zero-order valence-corrected chi connectivity index (χ0v) is 14.3. The molecule has 0 radical (unpaired) electrons. The Bertz CT molecular complexity index is 622. The van der Waals surface area contributed by atoms with Gasteiger partial charge in [-0.2, -0.15) is 0 Å². The molecular formula is C17H19BrFNO3. The summed E-state index contributed by atoms with van der Waals surface area (Å²) in [6, 6.07) is 4.34. The fourth-order valence-electron chi connectivity index (χ4n) is 3.82. The minimum atomic E-state index is -0.541. The molecule has 0 heterocycles. The number of ether oxygens (including phenoxy) is 1. The largest absolute Gasteiger partial charge is 0.456 e. The third-order valence-corrected chi connectivity index (χ3v) is 5.38. The molecule has 4 nitrogen and oxygen atoms in total. The van der Waals surface area contributed by atoms with Crippen LogP contribution in [0, 0.1) is 23.6 Å². The van der Waals surface area contributed by atoms with Gasteiger partial charge in [0.25, 0.3) is 5.91 Å². The quantitative estimate of drug-likeness (QED) is 0.784. The second kappa shape index (κ2) is 6.99. The predicted octanol–water partition coefficient (Wildman–Crippen LogP) is 3.90. The molecule has 1 N–H and O–H groups in total. The molecule has 1 aromatic carbocycles. The van der Waals surface area contributed by atoms with Gasteiger partial charge >= 0.3 is 5.97 Å². The number of fused-ring (bicyclic) bond motifs is 2. The average Bonchev–Trinajstić information content (AvgIpc) is 3.11. The van der Waals surface area contributed by atoms with Crippen molar-refractivity contribution in [2.24, 2.45) is 17.8 Å². The van der Waals surface area contributed by atoms with Crippen molar-refractivity contribution in [3.63, 3.8) is 0 Å². The van der Waals surface area contributed by atoms with Crippen LogP contribution in [-0.4, -0.2) is 18.5 Å². The zero-order valence-electron chi connectivity index (χ0n) is 12.7. The van der Waals surface area contributed by atoms with Crippen molar-refractivity contribution in [3.05, 3.63) is 28.5 Å². The fourth-order valence-corrected chi connectivity index (χ4v) is 4.16. The van der Waals surface area contributed by atoms with Gasteiger partial charge in [0, 0.05) is 10.9 Å². The Kier molecular flexibility index (Phi) is 4.99. The maximum absolute atomic E-state index is 13.6. The molecule has 124 valence electrons. The van der Waals surface area contributed by atoms with Gasteiger partial charge in [-0.1, -0.05) is 22.4 Å². The van der Waals surface area contributed by atoms with Gasteiger partial charge in [-0.3, -0.25) is 9.59 Å². The molecule has 0 aliphatic heterocycles. The number of hydrogen-bond donors (Lipinski definition) is 1. The van der Waals surface area contributed by atoms with E-state index in [0.717, 1.165) is 12.3 Å². The minimum Gasteiger partial charge on any atom is -0.456 e. The van der Waals surface area contributed by atoms with Crippen LogP contribution in [0.5, 0.6) is 0 Å². The molecule has 23 heavy (non-hydrogen) atoms. The van der Waals surface area contributed by atoms with Gasteiger partial charge in [0.15, 0.2) is 6.61 Å². The Balaban J connectivity index is 1.42. The lowest BCUT2D eigenvalue weighted by Crippen LogP contribution is -2.23. The van der Waals surface area contributed by atoms with E-state index >= 15 is 0 Å². The van der Waals surface area contributed by atoms with E-state index in [-0.39, 0.29) is 18.3 Å². The maximum atomic E-state index is 13.6. The van der Waals surface area contributed by atoms with Gasteiger partial charge < -0.3 is 10.1 Å². The molecule has 2 saturated carbocycles. The van der Waals surface area contributed by atoms with E-state index in [4.69, 9.17) is 4.74 Å². The summed E-state index contributed by atoms with van der Waals surface area (Å²) in [6.07, 6.45) is 5.24. The van der Waals surface area contributed by atoms with Crippen molar-refractivity contribution in [1.82, 2.24) is 0 Å². The lowest BCUT2D eigenvalue weighted by Gasteiger charge is -2.20. The van der Waals surface area contributed by atoms with Gasteiger partial charge in [0.2, 0.25) is 0 Å². The highest BCUT2D eigenvalue weighted by atomic mass is 79.9. The normalized spacial score (nSPS) is 25.4. The third-order valence-electron chi connectivity index (χ3n) is 4.88. The average molecular weight is 384 g/mol. The summed E-state index contributed by atoms with van der Waals surface area (Å²) in [4.78, 5) is 23.6. The fraction of sp³-hybridized carbons (Fsp3) is 0.529. The summed E-state index contributed by atoms with van der Waals surface area (Å²) < 4.78 is 19.2. The van der Waals surface area contributed by atoms with Crippen molar-refractivity contribution < 1.29 is 18.7 Å². The standard InChI is InChI=1S/C17H19BrFNO3/c18-13-3-4-15(14(19)8-13)20-16(21)9-23-17(22)7-12-6-10-1-2-11(12)5-10/h3-4,8,10-12H,1-2,5-7,9H2,(H,20,21)/t10-,11-,12+/m0/s1. The highest BCUT2D eigenvalue weighted by molar-refractivity contribution is 9.10. The molecular weight excluding hydrogens is 365 g/mol. The monoisotopic (exact) mass is 383 g/mol. The number of carbonyl (C=O) groups excluding carboxylic acids is 2. The molecule has 2 fully saturated rings. The molecule has 0 spiro atoms. The zero-order chi connectivity index (χ0) is 16.4. The SMILES string of the molecule is O=C(COC(=O)C[C@H]1C[C@H]2CC[C@H]1C2)Nc1ccc(Br)cc1F. The van der Waals surface area contributed by atoms with Gasteiger partial charge in [-0.05, 0) is 55.2 Å². The highest BCUT2D eigenvalue weighted by Gasteiger charge is 2.40. The molecule has 2 aliphatic carbocycles. The van der Waals surface area contributed by atoms with E-state index in [1.807, 2.05) is 0 Å². The topological polar surface area (TPSA) is 55.4 Å². The van der Waals surface area contributed by atoms with E-state index in [2.05, 4.69) is 21.2 Å². The first-order valence-corrected chi connectivity index (χ1v) is 8.71. The maximum Gasteiger partial charge on any atom is 0.306 e. The Hall–Kier alpha value is -1.43. The van der Waals surface area contributed by atoms with E-state index in [9.17, 15) is 14.0 Å². The van der Waals surface area contributed by atoms with Crippen LogP contribution < -0.4 is 5.32 Å². The first-order chi connectivity index (χ1) is 11.0. The third kappa shape index (κ3) is 4.10. The van der Waals surface area contributed by atoms with Crippen LogP contribution in [0.4, 0.5) is 10.1 Å². The molecule has 3 atom stereocenters. The number of benzene rings is 1. The summed E-state index contributed by atoms with van der Waals surface area (Å²) in [5.74, 6) is 0.426. The second-order valence-electron chi connectivity index (χ2n) is 6.47. The molecule has 2 aliphatic rings. The van der Waals surface area contributed by atoms with Crippen molar-refractivity contribution in [3.8, 4) is 0 Å². The Morgan fingerprint density at radius 1 is 1.30 bits per heavy atom. The molecule has 0 saturated heterocycles. The summed E-state index contributed by atoms with van der Waals surface area (Å²) in [5, 5.41) is 2.40. The molecule has 0 aromatic heterocycles. The van der Waals surface area contributed by atoms with Gasteiger partial charge in [0.05, 0.1) is 5.69 Å². The molecule has 1 aromatic rings. The number of carbonyl (C=O) groups is 2. The number of nitrogens with one attached hydrogen (secondary N) is 1. The summed E-state index contributed by atoms with van der Waals surface area (Å²) in [6.45, 7) is -0.380. The predicted molar refractivity (Wildman–Crippen MR) is 87.2 cm³/mol. The number of halogens is 2. The number of hydrogen-bond acceptors (Lipinski definition) is 3. The minimum absolute atomic E-state index is 0.0716. The number of rotatable bonds is 5. The lowest BCUT2D eigenvalue weighted by atomic mass is 9.86. The van der Waals surface area contributed by atoms with Crippen LogP contribution in [0.1, 0.15) is 32.1 Å². The van der Waals surface area contributed by atoms with Crippen LogP contribution in [0.25, 0.3) is 0 Å². The molecule has 2 bridgehead atoms. The van der Waals surface area contributed by atoms with Gasteiger partial charge in [0.1, 0.15) is 5.82 Å². The first kappa shape index (κ1) is 16.4. The van der Waals surface area contributed by atoms with E-state index in [1.165, 1.54) is 31.4 Å². The summed E-state index contributed by atoms with van der Waals surface area (Å²) in [7, 11) is 0. The van der Waals surface area contributed by atoms with Crippen LogP contribution >= 0.6 is 15.9 Å². The number of esters is 1. The van der Waals surface area contributed by atoms with Crippen molar-refractivity contribution in [2.45, 2.75) is 32.1 Å². The smallest absolute Gasteiger partial charge is 0.306 e. The van der Waals surface area contributed by atoms with E-state index in [0.29, 0.717) is 22.7 Å².